The number of hydrogen-bond acceptors (Lipinski definition) is 4. The maximum Gasteiger partial charge on any atom is 0.240 e. The SMILES string of the molecule is Cc1ccc(S(=O)(=O)NC[C@@H]2CCCN(C(=O)CCC(=O)c3ccccc3)C2)cc1. The molecule has 160 valence electrons. The van der Waals surface area contributed by atoms with Crippen molar-refractivity contribution >= 4 is 21.7 Å². The van der Waals surface area contributed by atoms with Crippen LogP contribution in [-0.4, -0.2) is 44.6 Å². The predicted molar refractivity (Wildman–Crippen MR) is 116 cm³/mol. The highest BCUT2D eigenvalue weighted by molar-refractivity contribution is 7.89. The quantitative estimate of drug-likeness (QED) is 0.655. The average molecular weight is 429 g/mol. The summed E-state index contributed by atoms with van der Waals surface area (Å²) < 4.78 is 27.6. The molecule has 3 rings (SSSR count). The molecule has 2 aromatic carbocycles. The van der Waals surface area contributed by atoms with Gasteiger partial charge in [0.2, 0.25) is 15.9 Å². The molecule has 1 N–H and O–H groups in total. The third-order valence-corrected chi connectivity index (χ3v) is 6.87. The normalized spacial score (nSPS) is 17.0. The lowest BCUT2D eigenvalue weighted by Gasteiger charge is -2.33. The summed E-state index contributed by atoms with van der Waals surface area (Å²) in [4.78, 5) is 26.8. The minimum absolute atomic E-state index is 0.0385. The van der Waals surface area contributed by atoms with E-state index in [1.54, 1.807) is 41.3 Å². The monoisotopic (exact) mass is 428 g/mol. The fourth-order valence-corrected chi connectivity index (χ4v) is 4.75. The van der Waals surface area contributed by atoms with Crippen molar-refractivity contribution in [2.24, 2.45) is 5.92 Å². The van der Waals surface area contributed by atoms with E-state index < -0.39 is 10.0 Å². The minimum atomic E-state index is -3.56. The van der Waals surface area contributed by atoms with Gasteiger partial charge < -0.3 is 4.90 Å². The van der Waals surface area contributed by atoms with Crippen molar-refractivity contribution in [2.45, 2.75) is 37.5 Å². The second-order valence-electron chi connectivity index (χ2n) is 7.80. The molecule has 1 aliphatic heterocycles. The molecule has 6 nitrogen and oxygen atoms in total. The molecule has 0 aliphatic carbocycles. The van der Waals surface area contributed by atoms with Crippen LogP contribution in [0.3, 0.4) is 0 Å². The molecule has 7 heteroatoms. The molecule has 1 amide bonds. The van der Waals surface area contributed by atoms with Gasteiger partial charge in [-0.3, -0.25) is 9.59 Å². The third-order valence-electron chi connectivity index (χ3n) is 5.43. The summed E-state index contributed by atoms with van der Waals surface area (Å²) >= 11 is 0. The van der Waals surface area contributed by atoms with E-state index in [0.717, 1.165) is 18.4 Å². The Balaban J connectivity index is 1.49. The van der Waals surface area contributed by atoms with E-state index >= 15 is 0 Å². The Morgan fingerprint density at radius 1 is 1.03 bits per heavy atom. The summed E-state index contributed by atoms with van der Waals surface area (Å²) in [5.41, 5.74) is 1.62. The Kier molecular flexibility index (Phi) is 7.39. The zero-order valence-corrected chi connectivity index (χ0v) is 18.0. The van der Waals surface area contributed by atoms with Crippen molar-refractivity contribution in [1.82, 2.24) is 9.62 Å². The number of aryl methyl sites for hydroxylation is 1. The first-order chi connectivity index (χ1) is 14.3. The number of benzene rings is 2. The van der Waals surface area contributed by atoms with Gasteiger partial charge in [-0.15, -0.1) is 0 Å². The minimum Gasteiger partial charge on any atom is -0.342 e. The Labute approximate surface area is 178 Å². The highest BCUT2D eigenvalue weighted by Gasteiger charge is 2.25. The molecule has 0 unspecified atom stereocenters. The lowest BCUT2D eigenvalue weighted by molar-refractivity contribution is -0.132. The third kappa shape index (κ3) is 6.00. The number of nitrogens with zero attached hydrogens (tertiary/aromatic N) is 1. The first-order valence-corrected chi connectivity index (χ1v) is 11.8. The standard InChI is InChI=1S/C23H28N2O4S/c1-18-9-11-21(12-10-18)30(28,29)24-16-19-6-5-15-25(17-19)23(27)14-13-22(26)20-7-3-2-4-8-20/h2-4,7-12,19,24H,5-6,13-17H2,1H3/t19-/m0/s1. The number of ketones is 1. The van der Waals surface area contributed by atoms with E-state index in [1.165, 1.54) is 0 Å². The van der Waals surface area contributed by atoms with Gasteiger partial charge >= 0.3 is 0 Å². The van der Waals surface area contributed by atoms with Crippen molar-refractivity contribution in [3.8, 4) is 0 Å². The number of hydrogen-bond donors (Lipinski definition) is 1. The molecule has 1 atom stereocenters. The molecule has 0 spiro atoms. The van der Waals surface area contributed by atoms with Gasteiger partial charge in [0.25, 0.3) is 0 Å². The van der Waals surface area contributed by atoms with Crippen molar-refractivity contribution in [2.75, 3.05) is 19.6 Å². The van der Waals surface area contributed by atoms with Gasteiger partial charge in [0.15, 0.2) is 5.78 Å². The zero-order chi connectivity index (χ0) is 21.6. The number of sulfonamides is 1. The maximum atomic E-state index is 12.6. The van der Waals surface area contributed by atoms with Crippen molar-refractivity contribution < 1.29 is 18.0 Å². The number of Topliss-reactive ketones (excluding diaryl/α,β-unsaturated/α-hetero) is 1. The predicted octanol–water partition coefficient (Wildman–Crippen LogP) is 3.18. The van der Waals surface area contributed by atoms with Crippen LogP contribution in [-0.2, 0) is 14.8 Å². The van der Waals surface area contributed by atoms with Crippen molar-refractivity contribution in [3.05, 3.63) is 65.7 Å². The summed E-state index contributed by atoms with van der Waals surface area (Å²) in [7, 11) is -3.56. The van der Waals surface area contributed by atoms with Crippen LogP contribution in [0.2, 0.25) is 0 Å². The Morgan fingerprint density at radius 2 is 1.73 bits per heavy atom. The Morgan fingerprint density at radius 3 is 2.43 bits per heavy atom. The van der Waals surface area contributed by atoms with Crippen LogP contribution in [0.4, 0.5) is 0 Å². The molecule has 0 aromatic heterocycles. The summed E-state index contributed by atoms with van der Waals surface area (Å²) in [6, 6.07) is 15.7. The number of rotatable bonds is 8. The van der Waals surface area contributed by atoms with Gasteiger partial charge in [-0.25, -0.2) is 13.1 Å². The molecule has 0 radical (unpaired) electrons. The molecule has 0 bridgehead atoms. The van der Waals surface area contributed by atoms with Crippen LogP contribution in [0, 0.1) is 12.8 Å². The molecule has 1 heterocycles. The van der Waals surface area contributed by atoms with E-state index in [-0.39, 0.29) is 35.3 Å². The maximum absolute atomic E-state index is 12.6. The number of nitrogens with one attached hydrogen (secondary N) is 1. The van der Waals surface area contributed by atoms with Crippen LogP contribution in [0.5, 0.6) is 0 Å². The van der Waals surface area contributed by atoms with Crippen LogP contribution in [0.15, 0.2) is 59.5 Å². The number of amides is 1. The highest BCUT2D eigenvalue weighted by Crippen LogP contribution is 2.19. The second-order valence-corrected chi connectivity index (χ2v) is 9.57. The highest BCUT2D eigenvalue weighted by atomic mass is 32.2. The van der Waals surface area contributed by atoms with Gasteiger partial charge in [-0.1, -0.05) is 48.0 Å². The average Bonchev–Trinajstić information content (AvgIpc) is 2.77. The van der Waals surface area contributed by atoms with Crippen LogP contribution in [0.25, 0.3) is 0 Å². The van der Waals surface area contributed by atoms with Gasteiger partial charge in [-0.2, -0.15) is 0 Å². The number of carbonyl (C=O) groups is 2. The van der Waals surface area contributed by atoms with E-state index in [2.05, 4.69) is 4.72 Å². The molecular formula is C23H28N2O4S. The van der Waals surface area contributed by atoms with E-state index in [0.29, 0.717) is 25.2 Å². The fourth-order valence-electron chi connectivity index (χ4n) is 3.63. The van der Waals surface area contributed by atoms with Crippen LogP contribution >= 0.6 is 0 Å². The number of carbonyl (C=O) groups excluding carboxylic acids is 2. The first-order valence-electron chi connectivity index (χ1n) is 10.3. The zero-order valence-electron chi connectivity index (χ0n) is 17.2. The Hall–Kier alpha value is -2.51. The van der Waals surface area contributed by atoms with Crippen LogP contribution < -0.4 is 4.72 Å². The summed E-state index contributed by atoms with van der Waals surface area (Å²) in [6.45, 7) is 3.36. The first kappa shape index (κ1) is 22.2. The lowest BCUT2D eigenvalue weighted by Crippen LogP contribution is -2.43. The topological polar surface area (TPSA) is 83.6 Å². The van der Waals surface area contributed by atoms with Crippen molar-refractivity contribution in [1.29, 1.82) is 0 Å². The Bertz CT molecular complexity index is 972. The number of likely N-dealkylation sites (tertiary alicyclic amines) is 1. The van der Waals surface area contributed by atoms with E-state index in [4.69, 9.17) is 0 Å². The molecular weight excluding hydrogens is 400 g/mol. The van der Waals surface area contributed by atoms with Gasteiger partial charge in [0.05, 0.1) is 4.90 Å². The summed E-state index contributed by atoms with van der Waals surface area (Å²) in [5.74, 6) is -0.0264. The van der Waals surface area contributed by atoms with Gasteiger partial charge in [-0.05, 0) is 37.8 Å². The smallest absolute Gasteiger partial charge is 0.240 e. The van der Waals surface area contributed by atoms with E-state index in [1.807, 2.05) is 25.1 Å². The molecule has 1 saturated heterocycles. The van der Waals surface area contributed by atoms with Crippen molar-refractivity contribution in [3.63, 3.8) is 0 Å². The molecule has 1 aliphatic rings. The molecule has 0 saturated carbocycles. The molecule has 1 fully saturated rings. The fraction of sp³-hybridized carbons (Fsp3) is 0.391. The van der Waals surface area contributed by atoms with Crippen LogP contribution in [0.1, 0.15) is 41.6 Å². The summed E-state index contributed by atoms with van der Waals surface area (Å²) in [6.07, 6.45) is 2.05. The molecule has 30 heavy (non-hydrogen) atoms. The molecule has 2 aromatic rings. The van der Waals surface area contributed by atoms with Gasteiger partial charge in [0.1, 0.15) is 0 Å². The lowest BCUT2D eigenvalue weighted by atomic mass is 9.97. The largest absolute Gasteiger partial charge is 0.342 e. The van der Waals surface area contributed by atoms with E-state index in [9.17, 15) is 18.0 Å². The van der Waals surface area contributed by atoms with Gasteiger partial charge in [0, 0.05) is 38.0 Å². The summed E-state index contributed by atoms with van der Waals surface area (Å²) in [5, 5.41) is 0. The number of piperidine rings is 1. The second kappa shape index (κ2) is 10.00.